The van der Waals surface area contributed by atoms with Crippen LogP contribution in [0.15, 0.2) is 17.0 Å². The van der Waals surface area contributed by atoms with Crippen LogP contribution in [0.3, 0.4) is 0 Å². The number of aliphatic hydroxyl groups excluding tert-OH is 1. The third kappa shape index (κ3) is 2.42. The summed E-state index contributed by atoms with van der Waals surface area (Å²) in [6.45, 7) is 3.97. The van der Waals surface area contributed by atoms with Gasteiger partial charge in [0.05, 0.1) is 12.1 Å². The van der Waals surface area contributed by atoms with Crippen LogP contribution in [-0.4, -0.2) is 34.3 Å². The third-order valence-corrected chi connectivity index (χ3v) is 2.69. The number of aliphatic hydroxyl groups is 1. The van der Waals surface area contributed by atoms with Gasteiger partial charge < -0.3 is 10.0 Å². The fourth-order valence-corrected chi connectivity index (χ4v) is 1.22. The van der Waals surface area contributed by atoms with Crippen LogP contribution in [0.25, 0.3) is 0 Å². The number of rotatable bonds is 3. The largest absolute Gasteiger partial charge is 0.394 e. The first-order chi connectivity index (χ1) is 6.47. The minimum Gasteiger partial charge on any atom is -0.394 e. The van der Waals surface area contributed by atoms with E-state index in [0.717, 1.165) is 10.4 Å². The van der Waals surface area contributed by atoms with Crippen molar-refractivity contribution in [2.45, 2.75) is 19.4 Å². The van der Waals surface area contributed by atoms with Gasteiger partial charge in [0.25, 0.3) is 0 Å². The second-order valence-corrected chi connectivity index (χ2v) is 4.54. The zero-order valence-electron chi connectivity index (χ0n) is 8.53. The van der Waals surface area contributed by atoms with Crippen molar-refractivity contribution >= 4 is 21.7 Å². The molecule has 1 heterocycles. The predicted octanol–water partition coefficient (Wildman–Crippen LogP) is 1.45. The highest BCUT2D eigenvalue weighted by Gasteiger charge is 2.23. The van der Waals surface area contributed by atoms with Crippen molar-refractivity contribution in [3.8, 4) is 0 Å². The van der Waals surface area contributed by atoms with E-state index >= 15 is 0 Å². The zero-order chi connectivity index (χ0) is 10.8. The molecule has 0 aliphatic rings. The fourth-order valence-electron chi connectivity index (χ4n) is 0.924. The molecule has 0 atom stereocenters. The van der Waals surface area contributed by atoms with Crippen LogP contribution in [0.4, 0.5) is 5.82 Å². The molecule has 1 aromatic heterocycles. The molecule has 0 aliphatic heterocycles. The summed E-state index contributed by atoms with van der Waals surface area (Å²) in [6, 6.07) is 1.82. The van der Waals surface area contributed by atoms with Gasteiger partial charge in [-0.2, -0.15) is 0 Å². The molecular weight excluding hydrogens is 246 g/mol. The molecule has 0 fully saturated rings. The molecule has 0 aromatic carbocycles. The lowest BCUT2D eigenvalue weighted by molar-refractivity contribution is 0.215. The summed E-state index contributed by atoms with van der Waals surface area (Å²) < 4.78 is 0.739. The van der Waals surface area contributed by atoms with E-state index in [1.807, 2.05) is 31.9 Å². The summed E-state index contributed by atoms with van der Waals surface area (Å²) in [6.07, 6.45) is 1.49. The Balaban J connectivity index is 2.94. The number of halogens is 1. The van der Waals surface area contributed by atoms with E-state index in [-0.39, 0.29) is 12.1 Å². The lowest BCUT2D eigenvalue weighted by Crippen LogP contribution is -2.44. The molecule has 0 unspecified atom stereocenters. The van der Waals surface area contributed by atoms with Crippen molar-refractivity contribution < 1.29 is 5.11 Å². The van der Waals surface area contributed by atoms with Crippen LogP contribution in [0, 0.1) is 0 Å². The first-order valence-corrected chi connectivity index (χ1v) is 5.09. The van der Waals surface area contributed by atoms with Crippen molar-refractivity contribution in [2.24, 2.45) is 0 Å². The normalized spacial score (nSPS) is 11.5. The van der Waals surface area contributed by atoms with Crippen molar-refractivity contribution in [2.75, 3.05) is 18.6 Å². The lowest BCUT2D eigenvalue weighted by Gasteiger charge is -2.34. The Morgan fingerprint density at radius 1 is 1.50 bits per heavy atom. The predicted molar refractivity (Wildman–Crippen MR) is 59.3 cm³/mol. The van der Waals surface area contributed by atoms with Gasteiger partial charge in [0.1, 0.15) is 16.7 Å². The minimum atomic E-state index is -0.326. The third-order valence-electron chi connectivity index (χ3n) is 2.26. The van der Waals surface area contributed by atoms with Gasteiger partial charge in [-0.05, 0) is 29.8 Å². The Morgan fingerprint density at radius 3 is 2.64 bits per heavy atom. The molecular formula is C9H14BrN3O. The number of likely N-dealkylation sites (N-methyl/N-ethyl adjacent to an activating group) is 1. The summed E-state index contributed by atoms with van der Waals surface area (Å²) in [5.74, 6) is 0.783. The number of hydrogen-bond acceptors (Lipinski definition) is 4. The maximum atomic E-state index is 9.20. The number of nitrogens with zero attached hydrogens (tertiary/aromatic N) is 3. The number of anilines is 1. The summed E-state index contributed by atoms with van der Waals surface area (Å²) >= 11 is 3.28. The van der Waals surface area contributed by atoms with E-state index in [0.29, 0.717) is 0 Å². The van der Waals surface area contributed by atoms with E-state index in [1.54, 1.807) is 0 Å². The van der Waals surface area contributed by atoms with Crippen LogP contribution < -0.4 is 4.90 Å². The van der Waals surface area contributed by atoms with Crippen LogP contribution in [0.1, 0.15) is 13.8 Å². The zero-order valence-corrected chi connectivity index (χ0v) is 10.1. The Labute approximate surface area is 92.1 Å². The van der Waals surface area contributed by atoms with Crippen molar-refractivity contribution in [3.63, 3.8) is 0 Å². The van der Waals surface area contributed by atoms with E-state index in [4.69, 9.17) is 0 Å². The topological polar surface area (TPSA) is 49.2 Å². The van der Waals surface area contributed by atoms with Gasteiger partial charge in [0, 0.05) is 13.1 Å². The summed E-state index contributed by atoms with van der Waals surface area (Å²) in [5.41, 5.74) is -0.326. The molecule has 0 amide bonds. The first kappa shape index (κ1) is 11.4. The molecule has 5 heteroatoms. The second kappa shape index (κ2) is 4.23. The van der Waals surface area contributed by atoms with Gasteiger partial charge in [0.2, 0.25) is 0 Å². The average molecular weight is 260 g/mol. The second-order valence-electron chi connectivity index (χ2n) is 3.73. The average Bonchev–Trinajstić information content (AvgIpc) is 2.16. The van der Waals surface area contributed by atoms with Gasteiger partial charge in [-0.25, -0.2) is 9.97 Å². The maximum absolute atomic E-state index is 9.20. The van der Waals surface area contributed by atoms with Gasteiger partial charge in [-0.3, -0.25) is 0 Å². The Morgan fingerprint density at radius 2 is 2.14 bits per heavy atom. The quantitative estimate of drug-likeness (QED) is 0.835. The monoisotopic (exact) mass is 259 g/mol. The first-order valence-electron chi connectivity index (χ1n) is 4.29. The van der Waals surface area contributed by atoms with Crippen LogP contribution in [0.5, 0.6) is 0 Å². The van der Waals surface area contributed by atoms with Gasteiger partial charge in [0.15, 0.2) is 0 Å². The molecule has 4 nitrogen and oxygen atoms in total. The molecule has 78 valence electrons. The molecule has 0 saturated carbocycles. The Kier molecular flexibility index (Phi) is 3.44. The molecule has 0 spiro atoms. The minimum absolute atomic E-state index is 0.0745. The fraction of sp³-hybridized carbons (Fsp3) is 0.556. The highest BCUT2D eigenvalue weighted by Crippen LogP contribution is 2.20. The molecule has 1 N–H and O–H groups in total. The molecule has 0 bridgehead atoms. The number of aromatic nitrogens is 2. The van der Waals surface area contributed by atoms with Crippen LogP contribution >= 0.6 is 15.9 Å². The summed E-state index contributed by atoms with van der Waals surface area (Å²) in [7, 11) is 1.89. The van der Waals surface area contributed by atoms with Gasteiger partial charge >= 0.3 is 0 Å². The smallest absolute Gasteiger partial charge is 0.133 e. The SMILES string of the molecule is CN(c1cc(Br)ncn1)C(C)(C)CO. The molecule has 1 rings (SSSR count). The summed E-state index contributed by atoms with van der Waals surface area (Å²) in [4.78, 5) is 9.99. The van der Waals surface area contributed by atoms with E-state index < -0.39 is 0 Å². The summed E-state index contributed by atoms with van der Waals surface area (Å²) in [5, 5.41) is 9.20. The van der Waals surface area contributed by atoms with Crippen molar-refractivity contribution in [1.29, 1.82) is 0 Å². The van der Waals surface area contributed by atoms with Gasteiger partial charge in [-0.15, -0.1) is 0 Å². The Bertz CT molecular complexity index is 317. The van der Waals surface area contributed by atoms with E-state index in [1.165, 1.54) is 6.33 Å². The van der Waals surface area contributed by atoms with Crippen LogP contribution in [-0.2, 0) is 0 Å². The molecule has 1 aromatic rings. The van der Waals surface area contributed by atoms with E-state index in [9.17, 15) is 5.11 Å². The highest BCUT2D eigenvalue weighted by atomic mass is 79.9. The Hall–Kier alpha value is -0.680. The van der Waals surface area contributed by atoms with E-state index in [2.05, 4.69) is 25.9 Å². The van der Waals surface area contributed by atoms with Crippen molar-refractivity contribution in [1.82, 2.24) is 9.97 Å². The van der Waals surface area contributed by atoms with Crippen LogP contribution in [0.2, 0.25) is 0 Å². The highest BCUT2D eigenvalue weighted by molar-refractivity contribution is 9.10. The molecule has 0 saturated heterocycles. The molecule has 0 radical (unpaired) electrons. The van der Waals surface area contributed by atoms with Crippen molar-refractivity contribution in [3.05, 3.63) is 17.0 Å². The lowest BCUT2D eigenvalue weighted by atomic mass is 10.1. The molecule has 14 heavy (non-hydrogen) atoms. The van der Waals surface area contributed by atoms with Gasteiger partial charge in [-0.1, -0.05) is 0 Å². The molecule has 0 aliphatic carbocycles. The number of hydrogen-bond donors (Lipinski definition) is 1. The maximum Gasteiger partial charge on any atom is 0.133 e. The standard InChI is InChI=1S/C9H14BrN3O/c1-9(2,5-14)13(3)8-4-7(10)11-6-12-8/h4,6,14H,5H2,1-3H3.